The monoisotopic (exact) mass is 262 g/mol. The van der Waals surface area contributed by atoms with E-state index in [1.165, 1.54) is 0 Å². The summed E-state index contributed by atoms with van der Waals surface area (Å²) in [5.74, 6) is -0.133. The number of nitrogens with one attached hydrogen (secondary N) is 2. The van der Waals surface area contributed by atoms with Crippen molar-refractivity contribution < 1.29 is 9.59 Å². The SMILES string of the molecule is CCCNC(=O)c1ccc(NC(=O)C(C)(C)C)cc1. The summed E-state index contributed by atoms with van der Waals surface area (Å²) in [6.07, 6.45) is 0.908. The van der Waals surface area contributed by atoms with Crippen LogP contribution in [0.5, 0.6) is 0 Å². The van der Waals surface area contributed by atoms with Gasteiger partial charge in [-0.15, -0.1) is 0 Å². The van der Waals surface area contributed by atoms with Gasteiger partial charge >= 0.3 is 0 Å². The summed E-state index contributed by atoms with van der Waals surface area (Å²) >= 11 is 0. The standard InChI is InChI=1S/C15H22N2O2/c1-5-10-16-13(18)11-6-8-12(9-7-11)17-14(19)15(2,3)4/h6-9H,5,10H2,1-4H3,(H,16,18)(H,17,19). The first-order chi connectivity index (χ1) is 8.84. The Morgan fingerprint density at radius 2 is 1.68 bits per heavy atom. The third kappa shape index (κ3) is 4.73. The molecule has 0 saturated heterocycles. The van der Waals surface area contributed by atoms with Gasteiger partial charge in [0.2, 0.25) is 5.91 Å². The van der Waals surface area contributed by atoms with Crippen LogP contribution in [0, 0.1) is 5.41 Å². The molecule has 2 N–H and O–H groups in total. The van der Waals surface area contributed by atoms with E-state index in [4.69, 9.17) is 0 Å². The van der Waals surface area contributed by atoms with Gasteiger partial charge in [0.05, 0.1) is 0 Å². The number of hydrogen-bond acceptors (Lipinski definition) is 2. The van der Waals surface area contributed by atoms with Crippen molar-refractivity contribution in [1.29, 1.82) is 0 Å². The topological polar surface area (TPSA) is 58.2 Å². The molecule has 19 heavy (non-hydrogen) atoms. The number of carbonyl (C=O) groups excluding carboxylic acids is 2. The van der Waals surface area contributed by atoms with Gasteiger partial charge in [-0.1, -0.05) is 27.7 Å². The minimum absolute atomic E-state index is 0.0457. The van der Waals surface area contributed by atoms with Crippen molar-refractivity contribution in [2.45, 2.75) is 34.1 Å². The Kier molecular flexibility index (Phi) is 5.10. The molecular weight excluding hydrogens is 240 g/mol. The summed E-state index contributed by atoms with van der Waals surface area (Å²) in [5, 5.41) is 5.63. The molecule has 1 aromatic rings. The normalized spacial score (nSPS) is 10.9. The van der Waals surface area contributed by atoms with Crippen LogP contribution in [0.2, 0.25) is 0 Å². The molecule has 0 atom stereocenters. The molecule has 0 aliphatic heterocycles. The van der Waals surface area contributed by atoms with Gasteiger partial charge in [-0.25, -0.2) is 0 Å². The van der Waals surface area contributed by atoms with Gasteiger partial charge < -0.3 is 10.6 Å². The highest BCUT2D eigenvalue weighted by molar-refractivity contribution is 5.97. The first kappa shape index (κ1) is 15.2. The van der Waals surface area contributed by atoms with Crippen molar-refractivity contribution in [2.75, 3.05) is 11.9 Å². The number of hydrogen-bond donors (Lipinski definition) is 2. The van der Waals surface area contributed by atoms with E-state index in [-0.39, 0.29) is 11.8 Å². The van der Waals surface area contributed by atoms with Crippen molar-refractivity contribution in [3.05, 3.63) is 29.8 Å². The number of anilines is 1. The molecule has 0 aliphatic carbocycles. The summed E-state index contributed by atoms with van der Waals surface area (Å²) in [5.41, 5.74) is 0.867. The molecule has 1 aromatic carbocycles. The fraction of sp³-hybridized carbons (Fsp3) is 0.467. The molecule has 0 aliphatic rings. The molecule has 2 amide bonds. The molecule has 4 heteroatoms. The van der Waals surface area contributed by atoms with Gasteiger partial charge in [0.15, 0.2) is 0 Å². The summed E-state index contributed by atoms with van der Waals surface area (Å²) in [6, 6.07) is 6.90. The average molecular weight is 262 g/mol. The smallest absolute Gasteiger partial charge is 0.251 e. The second-order valence-electron chi connectivity index (χ2n) is 5.54. The molecule has 0 spiro atoms. The van der Waals surface area contributed by atoms with Crippen LogP contribution >= 0.6 is 0 Å². The maximum Gasteiger partial charge on any atom is 0.251 e. The number of rotatable bonds is 4. The lowest BCUT2D eigenvalue weighted by atomic mass is 9.95. The van der Waals surface area contributed by atoms with Gasteiger partial charge in [0, 0.05) is 23.2 Å². The van der Waals surface area contributed by atoms with E-state index >= 15 is 0 Å². The Balaban J connectivity index is 2.67. The Hall–Kier alpha value is -1.84. The van der Waals surface area contributed by atoms with Gasteiger partial charge in [0.25, 0.3) is 5.91 Å². The van der Waals surface area contributed by atoms with E-state index in [9.17, 15) is 9.59 Å². The van der Waals surface area contributed by atoms with Crippen LogP contribution in [-0.2, 0) is 4.79 Å². The average Bonchev–Trinajstić information content (AvgIpc) is 2.35. The Morgan fingerprint density at radius 1 is 1.11 bits per heavy atom. The predicted octanol–water partition coefficient (Wildman–Crippen LogP) is 2.81. The van der Waals surface area contributed by atoms with Crippen LogP contribution in [0.3, 0.4) is 0 Å². The van der Waals surface area contributed by atoms with Crippen molar-refractivity contribution in [2.24, 2.45) is 5.41 Å². The lowest BCUT2D eigenvalue weighted by Gasteiger charge is -2.17. The molecule has 0 bridgehead atoms. The molecule has 104 valence electrons. The summed E-state index contributed by atoms with van der Waals surface area (Å²) in [7, 11) is 0. The molecule has 0 heterocycles. The first-order valence-corrected chi connectivity index (χ1v) is 6.54. The third-order valence-electron chi connectivity index (χ3n) is 2.62. The van der Waals surface area contributed by atoms with Crippen LogP contribution < -0.4 is 10.6 Å². The van der Waals surface area contributed by atoms with Crippen molar-refractivity contribution in [3.8, 4) is 0 Å². The lowest BCUT2D eigenvalue weighted by Crippen LogP contribution is -2.27. The maximum atomic E-state index is 11.8. The van der Waals surface area contributed by atoms with Crippen molar-refractivity contribution >= 4 is 17.5 Å². The highest BCUT2D eigenvalue weighted by atomic mass is 16.2. The van der Waals surface area contributed by atoms with Gasteiger partial charge in [0.1, 0.15) is 0 Å². The fourth-order valence-corrected chi connectivity index (χ4v) is 1.36. The minimum Gasteiger partial charge on any atom is -0.352 e. The molecule has 4 nitrogen and oxygen atoms in total. The summed E-state index contributed by atoms with van der Waals surface area (Å²) in [6.45, 7) is 8.24. The molecule has 0 fully saturated rings. The second kappa shape index (κ2) is 6.36. The quantitative estimate of drug-likeness (QED) is 0.876. The number of benzene rings is 1. The fourth-order valence-electron chi connectivity index (χ4n) is 1.36. The molecular formula is C15H22N2O2. The maximum absolute atomic E-state index is 11.8. The van der Waals surface area contributed by atoms with Crippen molar-refractivity contribution in [1.82, 2.24) is 5.32 Å². The van der Waals surface area contributed by atoms with E-state index in [0.29, 0.717) is 17.8 Å². The number of carbonyl (C=O) groups is 2. The van der Waals surface area contributed by atoms with E-state index < -0.39 is 5.41 Å². The first-order valence-electron chi connectivity index (χ1n) is 6.54. The zero-order valence-corrected chi connectivity index (χ0v) is 12.0. The van der Waals surface area contributed by atoms with Crippen LogP contribution in [0.25, 0.3) is 0 Å². The van der Waals surface area contributed by atoms with E-state index in [2.05, 4.69) is 10.6 Å². The predicted molar refractivity (Wildman–Crippen MR) is 77.2 cm³/mol. The minimum atomic E-state index is -0.433. The van der Waals surface area contributed by atoms with Crippen LogP contribution in [0.1, 0.15) is 44.5 Å². The van der Waals surface area contributed by atoms with Crippen LogP contribution in [0.4, 0.5) is 5.69 Å². The van der Waals surface area contributed by atoms with Gasteiger partial charge in [-0.2, -0.15) is 0 Å². The molecule has 0 aromatic heterocycles. The van der Waals surface area contributed by atoms with E-state index in [0.717, 1.165) is 6.42 Å². The molecule has 0 unspecified atom stereocenters. The Bertz CT molecular complexity index is 444. The Morgan fingerprint density at radius 3 is 2.16 bits per heavy atom. The highest BCUT2D eigenvalue weighted by Gasteiger charge is 2.21. The van der Waals surface area contributed by atoms with Crippen LogP contribution in [0.15, 0.2) is 24.3 Å². The summed E-state index contributed by atoms with van der Waals surface area (Å²) in [4.78, 5) is 23.5. The van der Waals surface area contributed by atoms with Crippen molar-refractivity contribution in [3.63, 3.8) is 0 Å². The number of amides is 2. The molecule has 0 radical (unpaired) electrons. The zero-order chi connectivity index (χ0) is 14.5. The second-order valence-corrected chi connectivity index (χ2v) is 5.54. The van der Waals surface area contributed by atoms with Gasteiger partial charge in [-0.05, 0) is 30.7 Å². The zero-order valence-electron chi connectivity index (χ0n) is 12.0. The molecule has 0 saturated carbocycles. The Labute approximate surface area is 114 Å². The van der Waals surface area contributed by atoms with Crippen LogP contribution in [-0.4, -0.2) is 18.4 Å². The van der Waals surface area contributed by atoms with E-state index in [1.807, 2.05) is 27.7 Å². The largest absolute Gasteiger partial charge is 0.352 e. The third-order valence-corrected chi connectivity index (χ3v) is 2.62. The van der Waals surface area contributed by atoms with Gasteiger partial charge in [-0.3, -0.25) is 9.59 Å². The lowest BCUT2D eigenvalue weighted by molar-refractivity contribution is -0.123. The highest BCUT2D eigenvalue weighted by Crippen LogP contribution is 2.17. The summed E-state index contributed by atoms with van der Waals surface area (Å²) < 4.78 is 0. The molecule has 1 rings (SSSR count). The van der Waals surface area contributed by atoms with E-state index in [1.54, 1.807) is 24.3 Å².